The number of fused-ring (bicyclic) bond motifs is 1. The van der Waals surface area contributed by atoms with Gasteiger partial charge in [-0.15, -0.1) is 0 Å². The van der Waals surface area contributed by atoms with E-state index < -0.39 is 11.2 Å². The van der Waals surface area contributed by atoms with Gasteiger partial charge in [0.2, 0.25) is 5.95 Å². The minimum atomic E-state index is -0.492. The van der Waals surface area contributed by atoms with Crippen LogP contribution in [0.4, 0.5) is 5.95 Å². The SMILES string of the molecule is C/C(Cl)=C/Cn1c(N(C)Cc2ccccc2)nc2c1c(=O)[nH]c(=O)n2C. The van der Waals surface area contributed by atoms with Crippen molar-refractivity contribution in [3.8, 4) is 0 Å². The highest BCUT2D eigenvalue weighted by molar-refractivity contribution is 6.29. The summed E-state index contributed by atoms with van der Waals surface area (Å²) in [6.07, 6.45) is 1.80. The number of nitrogens with zero attached hydrogens (tertiary/aromatic N) is 4. The molecule has 0 bridgehead atoms. The van der Waals surface area contributed by atoms with Gasteiger partial charge in [-0.1, -0.05) is 48.0 Å². The second kappa shape index (κ2) is 7.21. The van der Waals surface area contributed by atoms with Crippen molar-refractivity contribution in [1.82, 2.24) is 19.1 Å². The van der Waals surface area contributed by atoms with Crippen LogP contribution in [0.5, 0.6) is 0 Å². The number of imidazole rings is 1. The number of anilines is 1. The third kappa shape index (κ3) is 3.43. The lowest BCUT2D eigenvalue weighted by atomic mass is 10.2. The molecule has 26 heavy (non-hydrogen) atoms. The number of rotatable bonds is 5. The molecule has 7 nitrogen and oxygen atoms in total. The quantitative estimate of drug-likeness (QED) is 0.744. The minimum absolute atomic E-state index is 0.342. The maximum Gasteiger partial charge on any atom is 0.329 e. The van der Waals surface area contributed by atoms with Crippen LogP contribution in [0.3, 0.4) is 0 Å². The zero-order valence-electron chi connectivity index (χ0n) is 14.9. The summed E-state index contributed by atoms with van der Waals surface area (Å²) in [7, 11) is 3.48. The van der Waals surface area contributed by atoms with Gasteiger partial charge >= 0.3 is 5.69 Å². The molecule has 0 radical (unpaired) electrons. The Balaban J connectivity index is 2.16. The van der Waals surface area contributed by atoms with Crippen molar-refractivity contribution in [2.45, 2.75) is 20.0 Å². The van der Waals surface area contributed by atoms with Crippen LogP contribution in [0.1, 0.15) is 12.5 Å². The molecule has 0 aliphatic carbocycles. The van der Waals surface area contributed by atoms with Crippen molar-refractivity contribution in [3.05, 3.63) is 67.8 Å². The predicted molar refractivity (Wildman–Crippen MR) is 104 cm³/mol. The molecule has 0 fully saturated rings. The molecule has 136 valence electrons. The molecule has 1 N–H and O–H groups in total. The summed E-state index contributed by atoms with van der Waals surface area (Å²) in [5.41, 5.74) is 0.843. The zero-order chi connectivity index (χ0) is 18.8. The number of H-pyrrole nitrogens is 1. The molecule has 0 atom stereocenters. The average molecular weight is 374 g/mol. The molecule has 0 amide bonds. The van der Waals surface area contributed by atoms with E-state index in [1.54, 1.807) is 24.6 Å². The van der Waals surface area contributed by atoms with Crippen molar-refractivity contribution in [1.29, 1.82) is 0 Å². The van der Waals surface area contributed by atoms with Gasteiger partial charge in [0, 0.05) is 32.2 Å². The van der Waals surface area contributed by atoms with Crippen LogP contribution in [-0.2, 0) is 20.1 Å². The molecule has 2 aromatic heterocycles. The van der Waals surface area contributed by atoms with Gasteiger partial charge in [-0.3, -0.25) is 14.3 Å². The summed E-state index contributed by atoms with van der Waals surface area (Å²) >= 11 is 5.98. The lowest BCUT2D eigenvalue weighted by Gasteiger charge is -2.19. The van der Waals surface area contributed by atoms with Crippen molar-refractivity contribution >= 4 is 28.7 Å². The van der Waals surface area contributed by atoms with E-state index in [1.165, 1.54) is 4.57 Å². The number of hydrogen-bond acceptors (Lipinski definition) is 4. The van der Waals surface area contributed by atoms with Crippen molar-refractivity contribution in [2.75, 3.05) is 11.9 Å². The van der Waals surface area contributed by atoms with Crippen molar-refractivity contribution < 1.29 is 0 Å². The molecule has 0 saturated carbocycles. The second-order valence-electron chi connectivity index (χ2n) is 6.15. The van der Waals surface area contributed by atoms with Crippen molar-refractivity contribution in [3.63, 3.8) is 0 Å². The maximum absolute atomic E-state index is 12.4. The van der Waals surface area contributed by atoms with E-state index in [9.17, 15) is 9.59 Å². The van der Waals surface area contributed by atoms with Gasteiger partial charge in [0.1, 0.15) is 0 Å². The van der Waals surface area contributed by atoms with E-state index in [0.717, 1.165) is 5.56 Å². The normalized spacial score (nSPS) is 11.9. The Morgan fingerprint density at radius 3 is 2.65 bits per heavy atom. The number of halogens is 1. The van der Waals surface area contributed by atoms with Crippen LogP contribution in [0.15, 0.2) is 51.0 Å². The summed E-state index contributed by atoms with van der Waals surface area (Å²) in [5.74, 6) is 0.588. The maximum atomic E-state index is 12.4. The summed E-state index contributed by atoms with van der Waals surface area (Å²) in [5, 5.41) is 0.616. The fourth-order valence-electron chi connectivity index (χ4n) is 2.83. The standard InChI is InChI=1S/C18H20ClN5O2/c1-12(19)9-10-24-14-15(23(3)18(26)21-16(14)25)20-17(24)22(2)11-13-7-5-4-6-8-13/h4-9H,10-11H2,1-3H3,(H,21,25,26)/b12-9-. The first-order valence-electron chi connectivity index (χ1n) is 8.15. The van der Waals surface area contributed by atoms with E-state index in [2.05, 4.69) is 9.97 Å². The van der Waals surface area contributed by atoms with Gasteiger partial charge in [-0.25, -0.2) is 4.79 Å². The van der Waals surface area contributed by atoms with Crippen molar-refractivity contribution in [2.24, 2.45) is 7.05 Å². The molecule has 0 saturated heterocycles. The third-order valence-electron chi connectivity index (χ3n) is 4.15. The van der Waals surface area contributed by atoms with Gasteiger partial charge in [0.05, 0.1) is 0 Å². The first kappa shape index (κ1) is 18.0. The average Bonchev–Trinajstić information content (AvgIpc) is 2.99. The number of benzene rings is 1. The Kier molecular flexibility index (Phi) is 4.99. The van der Waals surface area contributed by atoms with E-state index in [0.29, 0.717) is 35.2 Å². The van der Waals surface area contributed by atoms with Crippen LogP contribution >= 0.6 is 11.6 Å². The number of nitrogens with one attached hydrogen (secondary N) is 1. The van der Waals surface area contributed by atoms with Crippen LogP contribution in [-0.4, -0.2) is 26.1 Å². The Hall–Kier alpha value is -2.80. The highest BCUT2D eigenvalue weighted by atomic mass is 35.5. The first-order valence-corrected chi connectivity index (χ1v) is 8.53. The smallest absolute Gasteiger partial charge is 0.329 e. The van der Waals surface area contributed by atoms with E-state index in [4.69, 9.17) is 11.6 Å². The summed E-state index contributed by atoms with van der Waals surface area (Å²) in [4.78, 5) is 33.2. The fraction of sp³-hybridized carbons (Fsp3) is 0.278. The first-order chi connectivity index (χ1) is 12.4. The van der Waals surface area contributed by atoms with E-state index >= 15 is 0 Å². The molecule has 2 heterocycles. The topological polar surface area (TPSA) is 75.9 Å². The number of aromatic amines is 1. The summed E-state index contributed by atoms with van der Waals surface area (Å²) in [6, 6.07) is 9.95. The Bertz CT molecular complexity index is 1070. The molecule has 0 spiro atoms. The van der Waals surface area contributed by atoms with E-state index in [1.807, 2.05) is 42.3 Å². The molecule has 0 aliphatic rings. The number of hydrogen-bond donors (Lipinski definition) is 1. The Labute approximate surface area is 155 Å². The highest BCUT2D eigenvalue weighted by Gasteiger charge is 2.19. The molecular formula is C18H20ClN5O2. The summed E-state index contributed by atoms with van der Waals surface area (Å²) < 4.78 is 3.10. The molecule has 8 heteroatoms. The second-order valence-corrected chi connectivity index (χ2v) is 6.74. The van der Waals surface area contributed by atoms with E-state index in [-0.39, 0.29) is 0 Å². The number of allylic oxidation sites excluding steroid dienone is 2. The lowest BCUT2D eigenvalue weighted by molar-refractivity contribution is 0.774. The number of aromatic nitrogens is 4. The van der Waals surface area contributed by atoms with Gasteiger partial charge in [0.25, 0.3) is 5.56 Å². The minimum Gasteiger partial charge on any atom is -0.341 e. The van der Waals surface area contributed by atoms with Gasteiger partial charge < -0.3 is 9.47 Å². The van der Waals surface area contributed by atoms with Crippen LogP contribution in [0, 0.1) is 0 Å². The predicted octanol–water partition coefficient (Wildman–Crippen LogP) is 2.20. The zero-order valence-corrected chi connectivity index (χ0v) is 15.6. The summed E-state index contributed by atoms with van der Waals surface area (Å²) in [6.45, 7) is 2.76. The molecule has 0 unspecified atom stereocenters. The lowest BCUT2D eigenvalue weighted by Crippen LogP contribution is -2.29. The van der Waals surface area contributed by atoms with Crippen LogP contribution in [0.2, 0.25) is 0 Å². The van der Waals surface area contributed by atoms with Gasteiger partial charge in [-0.05, 0) is 12.5 Å². The Morgan fingerprint density at radius 1 is 1.31 bits per heavy atom. The van der Waals surface area contributed by atoms with Crippen LogP contribution in [0.25, 0.3) is 11.2 Å². The molecule has 0 aliphatic heterocycles. The third-order valence-corrected chi connectivity index (χ3v) is 4.30. The molecule has 3 aromatic rings. The fourth-order valence-corrected chi connectivity index (χ4v) is 2.90. The monoisotopic (exact) mass is 373 g/mol. The Morgan fingerprint density at radius 2 is 2.00 bits per heavy atom. The molecule has 1 aromatic carbocycles. The molecule has 3 rings (SSSR count). The largest absolute Gasteiger partial charge is 0.341 e. The van der Waals surface area contributed by atoms with Crippen LogP contribution < -0.4 is 16.1 Å². The van der Waals surface area contributed by atoms with Gasteiger partial charge in [-0.2, -0.15) is 4.98 Å². The van der Waals surface area contributed by atoms with Gasteiger partial charge in [0.15, 0.2) is 11.2 Å². The molecular weight excluding hydrogens is 354 g/mol. The number of aryl methyl sites for hydroxylation is 1. The highest BCUT2D eigenvalue weighted by Crippen LogP contribution is 2.20.